The number of hydrogen-bond donors (Lipinski definition) is 0. The number of benzene rings is 1. The van der Waals surface area contributed by atoms with E-state index in [1.807, 2.05) is 12.1 Å². The number of methoxy groups -OCH3 is 2. The third-order valence-corrected chi connectivity index (χ3v) is 8.25. The van der Waals surface area contributed by atoms with Gasteiger partial charge >= 0.3 is 0 Å². The minimum Gasteiger partial charge on any atom is -0.493 e. The molecule has 7 heteroatoms. The zero-order valence-corrected chi connectivity index (χ0v) is 17.7. The van der Waals surface area contributed by atoms with Crippen molar-refractivity contribution in [2.24, 2.45) is 17.8 Å². The Bertz CT molecular complexity index is 1040. The summed E-state index contributed by atoms with van der Waals surface area (Å²) in [7, 11) is 3.33. The van der Waals surface area contributed by atoms with Gasteiger partial charge in [0, 0.05) is 11.8 Å². The van der Waals surface area contributed by atoms with E-state index in [9.17, 15) is 0 Å². The summed E-state index contributed by atoms with van der Waals surface area (Å²) in [6, 6.07) is 6.06. The van der Waals surface area contributed by atoms with Crippen LogP contribution in [-0.2, 0) is 11.8 Å². The predicted octanol–water partition coefficient (Wildman–Crippen LogP) is 4.26. The molecule has 2 aromatic heterocycles. The SMILES string of the molecule is COc1ccc(Cc2nn3c(C45CC6CC(CC(C6)C4)C5)nnc3s2)cc1OC. The van der Waals surface area contributed by atoms with E-state index in [0.717, 1.165) is 57.0 Å². The third-order valence-electron chi connectivity index (χ3n) is 7.35. The van der Waals surface area contributed by atoms with Crippen LogP contribution in [0.4, 0.5) is 0 Å². The van der Waals surface area contributed by atoms with Crippen LogP contribution in [0.15, 0.2) is 18.2 Å². The smallest absolute Gasteiger partial charge is 0.234 e. The van der Waals surface area contributed by atoms with E-state index in [1.54, 1.807) is 25.6 Å². The summed E-state index contributed by atoms with van der Waals surface area (Å²) in [5, 5.41) is 15.2. The topological polar surface area (TPSA) is 61.5 Å². The number of fused-ring (bicyclic) bond motifs is 1. The van der Waals surface area contributed by atoms with Gasteiger partial charge in [-0.25, -0.2) is 0 Å². The predicted molar refractivity (Wildman–Crippen MR) is 111 cm³/mol. The molecule has 0 saturated heterocycles. The lowest BCUT2D eigenvalue weighted by Crippen LogP contribution is -2.49. The highest BCUT2D eigenvalue weighted by molar-refractivity contribution is 7.16. The summed E-state index contributed by atoms with van der Waals surface area (Å²) in [6.07, 6.45) is 8.90. The number of hydrogen-bond acceptors (Lipinski definition) is 6. The molecule has 6 nitrogen and oxygen atoms in total. The molecule has 4 fully saturated rings. The second-order valence-electron chi connectivity index (χ2n) is 9.28. The number of rotatable bonds is 5. The highest BCUT2D eigenvalue weighted by atomic mass is 32.1. The minimum absolute atomic E-state index is 0.211. The molecule has 0 amide bonds. The van der Waals surface area contributed by atoms with E-state index in [1.165, 1.54) is 38.5 Å². The highest BCUT2D eigenvalue weighted by Gasteiger charge is 2.54. The van der Waals surface area contributed by atoms with Crippen molar-refractivity contribution in [1.29, 1.82) is 0 Å². The van der Waals surface area contributed by atoms with Crippen molar-refractivity contribution in [3.63, 3.8) is 0 Å². The van der Waals surface area contributed by atoms with Crippen molar-refractivity contribution in [3.8, 4) is 11.5 Å². The second kappa shape index (κ2) is 6.42. The Kier molecular flexibility index (Phi) is 3.92. The van der Waals surface area contributed by atoms with Gasteiger partial charge < -0.3 is 9.47 Å². The van der Waals surface area contributed by atoms with E-state index in [4.69, 9.17) is 14.6 Å². The Morgan fingerprint density at radius 3 is 2.34 bits per heavy atom. The fourth-order valence-electron chi connectivity index (χ4n) is 6.61. The summed E-state index contributed by atoms with van der Waals surface area (Å²) >= 11 is 1.65. The van der Waals surface area contributed by atoms with Crippen molar-refractivity contribution < 1.29 is 9.47 Å². The first-order valence-electron chi connectivity index (χ1n) is 10.6. The number of aromatic nitrogens is 4. The van der Waals surface area contributed by atoms with E-state index in [2.05, 4.69) is 20.8 Å². The van der Waals surface area contributed by atoms with E-state index >= 15 is 0 Å². The molecule has 7 rings (SSSR count). The summed E-state index contributed by atoms with van der Waals surface area (Å²) < 4.78 is 12.9. The van der Waals surface area contributed by atoms with Gasteiger partial charge in [0.05, 0.1) is 14.2 Å². The molecule has 0 unspecified atom stereocenters. The molecule has 0 N–H and O–H groups in total. The lowest BCUT2D eigenvalue weighted by Gasteiger charge is -2.55. The van der Waals surface area contributed by atoms with Crippen LogP contribution in [0.1, 0.15) is 54.9 Å². The van der Waals surface area contributed by atoms with Gasteiger partial charge in [-0.2, -0.15) is 9.61 Å². The Hall–Kier alpha value is -2.15. The van der Waals surface area contributed by atoms with Crippen LogP contribution in [0.2, 0.25) is 0 Å². The number of ether oxygens (including phenoxy) is 2. The Morgan fingerprint density at radius 2 is 1.69 bits per heavy atom. The fourth-order valence-corrected chi connectivity index (χ4v) is 7.48. The number of nitrogens with zero attached hydrogens (tertiary/aromatic N) is 4. The van der Waals surface area contributed by atoms with E-state index in [-0.39, 0.29) is 5.41 Å². The molecule has 0 radical (unpaired) electrons. The molecule has 152 valence electrons. The normalized spacial score (nSPS) is 30.2. The van der Waals surface area contributed by atoms with Crippen molar-refractivity contribution >= 4 is 16.3 Å². The lowest BCUT2D eigenvalue weighted by atomic mass is 9.49. The van der Waals surface area contributed by atoms with Crippen LogP contribution in [0, 0.1) is 17.8 Å². The molecule has 4 aliphatic carbocycles. The quantitative estimate of drug-likeness (QED) is 0.629. The third kappa shape index (κ3) is 2.77. The zero-order chi connectivity index (χ0) is 19.6. The molecule has 4 bridgehead atoms. The van der Waals surface area contributed by atoms with Crippen LogP contribution in [0.3, 0.4) is 0 Å². The molecule has 4 aliphatic rings. The van der Waals surface area contributed by atoms with Crippen molar-refractivity contribution in [3.05, 3.63) is 34.6 Å². The second-order valence-corrected chi connectivity index (χ2v) is 10.3. The molecule has 4 saturated carbocycles. The molecule has 0 spiro atoms. The van der Waals surface area contributed by atoms with Gasteiger partial charge in [-0.3, -0.25) is 0 Å². The van der Waals surface area contributed by atoms with Gasteiger partial charge in [-0.1, -0.05) is 17.4 Å². The molecular formula is C22H26N4O2S. The fraction of sp³-hybridized carbons (Fsp3) is 0.591. The molecule has 0 atom stereocenters. The minimum atomic E-state index is 0.211. The first-order chi connectivity index (χ1) is 14.2. The van der Waals surface area contributed by atoms with Gasteiger partial charge in [0.2, 0.25) is 4.96 Å². The van der Waals surface area contributed by atoms with Crippen LogP contribution in [0.25, 0.3) is 4.96 Å². The summed E-state index contributed by atoms with van der Waals surface area (Å²) in [6.45, 7) is 0. The maximum Gasteiger partial charge on any atom is 0.234 e. The van der Waals surface area contributed by atoms with E-state index < -0.39 is 0 Å². The highest BCUT2D eigenvalue weighted by Crippen LogP contribution is 2.60. The van der Waals surface area contributed by atoms with Gasteiger partial charge in [-0.15, -0.1) is 10.2 Å². The largest absolute Gasteiger partial charge is 0.493 e. The van der Waals surface area contributed by atoms with E-state index in [0.29, 0.717) is 0 Å². The Balaban J connectivity index is 1.32. The summed E-state index contributed by atoms with van der Waals surface area (Å²) in [4.78, 5) is 0.922. The molecule has 3 aromatic rings. The van der Waals surface area contributed by atoms with Gasteiger partial charge in [0.15, 0.2) is 17.3 Å². The summed E-state index contributed by atoms with van der Waals surface area (Å²) in [5.74, 6) is 5.29. The van der Waals surface area contributed by atoms with Gasteiger partial charge in [-0.05, 0) is 74.0 Å². The first kappa shape index (κ1) is 17.7. The van der Waals surface area contributed by atoms with Crippen LogP contribution < -0.4 is 9.47 Å². The maximum absolute atomic E-state index is 5.45. The average Bonchev–Trinajstić information content (AvgIpc) is 3.27. The van der Waals surface area contributed by atoms with Crippen LogP contribution in [0.5, 0.6) is 11.5 Å². The molecule has 2 heterocycles. The van der Waals surface area contributed by atoms with Gasteiger partial charge in [0.25, 0.3) is 0 Å². The van der Waals surface area contributed by atoms with Crippen molar-refractivity contribution in [1.82, 2.24) is 19.8 Å². The Labute approximate surface area is 174 Å². The monoisotopic (exact) mass is 410 g/mol. The molecule has 0 aliphatic heterocycles. The molecular weight excluding hydrogens is 384 g/mol. The zero-order valence-electron chi connectivity index (χ0n) is 16.9. The van der Waals surface area contributed by atoms with Crippen LogP contribution >= 0.6 is 11.3 Å². The molecule has 29 heavy (non-hydrogen) atoms. The van der Waals surface area contributed by atoms with Crippen LogP contribution in [-0.4, -0.2) is 34.0 Å². The maximum atomic E-state index is 5.45. The molecule has 1 aromatic carbocycles. The first-order valence-corrected chi connectivity index (χ1v) is 11.4. The van der Waals surface area contributed by atoms with Gasteiger partial charge in [0.1, 0.15) is 5.01 Å². The standard InChI is InChI=1S/C22H26N4O2S/c1-27-17-4-3-13(8-18(17)28-2)9-19-25-26-20(23-24-21(26)29-19)22-10-14-5-15(11-22)7-16(6-14)12-22/h3-4,8,14-16H,5-7,9-12H2,1-2H3. The van der Waals surface area contributed by atoms with Crippen molar-refractivity contribution in [2.45, 2.75) is 50.4 Å². The van der Waals surface area contributed by atoms with Crippen molar-refractivity contribution in [2.75, 3.05) is 14.2 Å². The lowest BCUT2D eigenvalue weighted by molar-refractivity contribution is -0.0103. The average molecular weight is 411 g/mol. The Morgan fingerprint density at radius 1 is 1.00 bits per heavy atom. The summed E-state index contributed by atoms with van der Waals surface area (Å²) in [5.41, 5.74) is 1.37.